The maximum atomic E-state index is 14.1. The highest BCUT2D eigenvalue weighted by Gasteiger charge is 2.22. The van der Waals surface area contributed by atoms with Crippen molar-refractivity contribution >= 4 is 31.9 Å². The van der Waals surface area contributed by atoms with Gasteiger partial charge in [-0.15, -0.1) is 0 Å². The Morgan fingerprint density at radius 2 is 1.82 bits per heavy atom. The van der Waals surface area contributed by atoms with Gasteiger partial charge in [0.1, 0.15) is 19.0 Å². The first-order chi connectivity index (χ1) is 13.2. The third kappa shape index (κ3) is 4.13. The van der Waals surface area contributed by atoms with E-state index in [2.05, 4.69) is 26.0 Å². The lowest BCUT2D eigenvalue weighted by Gasteiger charge is -2.22. The first-order valence-corrected chi connectivity index (χ1v) is 10.6. The van der Waals surface area contributed by atoms with Crippen LogP contribution in [0.15, 0.2) is 39.7 Å². The molecule has 150 valence electrons. The highest BCUT2D eigenvalue weighted by Crippen LogP contribution is 2.37. The molecule has 0 spiro atoms. The second kappa shape index (κ2) is 8.06. The van der Waals surface area contributed by atoms with Crippen molar-refractivity contribution in [3.05, 3.63) is 51.7 Å². The number of ether oxygens (including phenoxy) is 2. The molecular weight excluding hydrogens is 455 g/mol. The molecule has 0 saturated heterocycles. The van der Waals surface area contributed by atoms with Crippen LogP contribution in [0.3, 0.4) is 0 Å². The Morgan fingerprint density at radius 1 is 1.18 bits per heavy atom. The summed E-state index contributed by atoms with van der Waals surface area (Å²) in [5.74, 6) is -0.406. The van der Waals surface area contributed by atoms with Gasteiger partial charge in [0, 0.05) is 4.47 Å². The zero-order valence-corrected chi connectivity index (χ0v) is 17.5. The summed E-state index contributed by atoms with van der Waals surface area (Å²) in [6.45, 7) is 2.60. The maximum Gasteiger partial charge on any atom is 0.254 e. The molecule has 1 amide bonds. The summed E-state index contributed by atoms with van der Waals surface area (Å²) in [6, 6.07) is 6.02. The van der Waals surface area contributed by atoms with Crippen molar-refractivity contribution in [2.45, 2.75) is 17.9 Å². The average Bonchev–Trinajstić information content (AvgIpc) is 2.67. The van der Waals surface area contributed by atoms with E-state index in [9.17, 15) is 17.6 Å². The van der Waals surface area contributed by atoms with Crippen LogP contribution in [0.5, 0.6) is 11.5 Å². The first kappa shape index (κ1) is 20.6. The Labute approximate surface area is 170 Å². The van der Waals surface area contributed by atoms with Gasteiger partial charge in [-0.3, -0.25) is 4.79 Å². The molecule has 1 heterocycles. The molecular formula is C18H18BrFN2O5S. The molecule has 0 bridgehead atoms. The van der Waals surface area contributed by atoms with E-state index >= 15 is 0 Å². The van der Waals surface area contributed by atoms with E-state index in [1.54, 1.807) is 19.1 Å². The molecule has 0 saturated carbocycles. The summed E-state index contributed by atoms with van der Waals surface area (Å²) in [7, 11) is -2.57. The van der Waals surface area contributed by atoms with Crippen molar-refractivity contribution in [2.75, 3.05) is 20.3 Å². The summed E-state index contributed by atoms with van der Waals surface area (Å²) in [5.41, 5.74) is 0.342. The molecule has 0 fully saturated rings. The number of benzene rings is 2. The van der Waals surface area contributed by atoms with Crippen LogP contribution >= 0.6 is 15.9 Å². The monoisotopic (exact) mass is 472 g/mol. The fraction of sp³-hybridized carbons (Fsp3) is 0.278. The number of carbonyl (C=O) groups is 1. The van der Waals surface area contributed by atoms with E-state index in [1.807, 2.05) is 0 Å². The number of carbonyl (C=O) groups excluding carboxylic acids is 1. The molecule has 7 nitrogen and oxygen atoms in total. The summed E-state index contributed by atoms with van der Waals surface area (Å²) in [4.78, 5) is 12.4. The summed E-state index contributed by atoms with van der Waals surface area (Å²) >= 11 is 3.44. The van der Waals surface area contributed by atoms with Crippen molar-refractivity contribution in [3.63, 3.8) is 0 Å². The van der Waals surface area contributed by atoms with Crippen molar-refractivity contribution in [2.24, 2.45) is 0 Å². The number of halogens is 2. The van der Waals surface area contributed by atoms with Gasteiger partial charge in [0.25, 0.3) is 5.91 Å². The van der Waals surface area contributed by atoms with Crippen molar-refractivity contribution in [1.29, 1.82) is 0 Å². The predicted molar refractivity (Wildman–Crippen MR) is 104 cm³/mol. The van der Waals surface area contributed by atoms with Crippen LogP contribution < -0.4 is 19.5 Å². The van der Waals surface area contributed by atoms with E-state index in [-0.39, 0.29) is 10.5 Å². The van der Waals surface area contributed by atoms with Gasteiger partial charge < -0.3 is 14.8 Å². The molecule has 2 N–H and O–H groups in total. The molecule has 3 rings (SSSR count). The zero-order valence-electron chi connectivity index (χ0n) is 15.1. The van der Waals surface area contributed by atoms with E-state index < -0.39 is 27.8 Å². The molecule has 28 heavy (non-hydrogen) atoms. The van der Waals surface area contributed by atoms with Crippen LogP contribution in [0.25, 0.3) is 0 Å². The quantitative estimate of drug-likeness (QED) is 0.697. The Balaban J connectivity index is 1.86. The minimum absolute atomic E-state index is 0.199. The molecule has 1 unspecified atom stereocenters. The minimum atomic E-state index is -3.80. The van der Waals surface area contributed by atoms with Gasteiger partial charge in [-0.1, -0.05) is 15.9 Å². The Bertz CT molecular complexity index is 1030. The van der Waals surface area contributed by atoms with E-state index in [0.29, 0.717) is 34.7 Å². The Hall–Kier alpha value is -2.17. The maximum absolute atomic E-state index is 14.1. The topological polar surface area (TPSA) is 93.7 Å². The van der Waals surface area contributed by atoms with Crippen molar-refractivity contribution < 1.29 is 27.1 Å². The molecule has 1 aliphatic heterocycles. The number of hydrogen-bond acceptors (Lipinski definition) is 5. The molecule has 1 aliphatic rings. The number of amides is 1. The Kier molecular flexibility index (Phi) is 5.92. The van der Waals surface area contributed by atoms with Gasteiger partial charge in [0.05, 0.1) is 16.5 Å². The van der Waals surface area contributed by atoms with Gasteiger partial charge in [-0.2, -0.15) is 0 Å². The van der Waals surface area contributed by atoms with E-state index in [4.69, 9.17) is 9.47 Å². The van der Waals surface area contributed by atoms with Gasteiger partial charge in [-0.05, 0) is 49.9 Å². The zero-order chi connectivity index (χ0) is 20.5. The largest absolute Gasteiger partial charge is 0.486 e. The average molecular weight is 473 g/mol. The lowest BCUT2D eigenvalue weighted by Crippen LogP contribution is -2.28. The SMILES string of the molecule is CNS(=O)(=O)c1ccc(F)c(C(=O)NC(C)c2cc3c(cc2Br)OCCO3)c1. The molecule has 10 heteroatoms. The van der Waals surface area contributed by atoms with E-state index in [1.165, 1.54) is 7.05 Å². The van der Waals surface area contributed by atoms with Crippen LogP contribution in [0.4, 0.5) is 4.39 Å². The molecule has 0 radical (unpaired) electrons. The number of hydrogen-bond donors (Lipinski definition) is 2. The van der Waals surface area contributed by atoms with Crippen LogP contribution in [0, 0.1) is 5.82 Å². The van der Waals surface area contributed by atoms with Crippen LogP contribution in [-0.4, -0.2) is 34.6 Å². The van der Waals surface area contributed by atoms with Gasteiger partial charge in [0.15, 0.2) is 11.5 Å². The predicted octanol–water partition coefficient (Wildman–Crippen LogP) is 2.76. The first-order valence-electron chi connectivity index (χ1n) is 8.36. The molecule has 0 aromatic heterocycles. The third-order valence-corrected chi connectivity index (χ3v) is 6.34. The minimum Gasteiger partial charge on any atom is -0.486 e. The lowest BCUT2D eigenvalue weighted by atomic mass is 10.1. The van der Waals surface area contributed by atoms with Crippen LogP contribution in [-0.2, 0) is 10.0 Å². The fourth-order valence-corrected chi connectivity index (χ4v) is 4.15. The van der Waals surface area contributed by atoms with Gasteiger partial charge in [-0.25, -0.2) is 17.5 Å². The number of fused-ring (bicyclic) bond motifs is 1. The molecule has 1 atom stereocenters. The summed E-state index contributed by atoms with van der Waals surface area (Å²) in [5, 5.41) is 2.68. The summed E-state index contributed by atoms with van der Waals surface area (Å²) in [6.07, 6.45) is 0. The fourth-order valence-electron chi connectivity index (χ4n) is 2.73. The smallest absolute Gasteiger partial charge is 0.254 e. The van der Waals surface area contributed by atoms with Crippen molar-refractivity contribution in [1.82, 2.24) is 10.0 Å². The highest BCUT2D eigenvalue weighted by molar-refractivity contribution is 9.10. The number of nitrogens with one attached hydrogen (secondary N) is 2. The highest BCUT2D eigenvalue weighted by atomic mass is 79.9. The molecule has 2 aromatic carbocycles. The van der Waals surface area contributed by atoms with Crippen molar-refractivity contribution in [3.8, 4) is 11.5 Å². The van der Waals surface area contributed by atoms with Crippen LogP contribution in [0.1, 0.15) is 28.9 Å². The number of sulfonamides is 1. The molecule has 0 aliphatic carbocycles. The van der Waals surface area contributed by atoms with Crippen LogP contribution in [0.2, 0.25) is 0 Å². The second-order valence-corrected chi connectivity index (χ2v) is 8.80. The third-order valence-electron chi connectivity index (χ3n) is 4.24. The molecule has 2 aromatic rings. The second-order valence-electron chi connectivity index (χ2n) is 6.06. The van der Waals surface area contributed by atoms with Gasteiger partial charge >= 0.3 is 0 Å². The standard InChI is InChI=1S/C18H18BrFN2O5S/c1-10(12-8-16-17(9-14(12)19)27-6-5-26-16)22-18(23)13-7-11(3-4-15(13)20)28(24,25)21-2/h3-4,7-10,21H,5-6H2,1-2H3,(H,22,23). The summed E-state index contributed by atoms with van der Waals surface area (Å²) < 4.78 is 51.9. The lowest BCUT2D eigenvalue weighted by molar-refractivity contribution is 0.0935. The number of rotatable bonds is 5. The van der Waals surface area contributed by atoms with Gasteiger partial charge in [0.2, 0.25) is 10.0 Å². The normalized spacial score (nSPS) is 14.4. The Morgan fingerprint density at radius 3 is 2.46 bits per heavy atom. The van der Waals surface area contributed by atoms with E-state index in [0.717, 1.165) is 18.2 Å².